The van der Waals surface area contributed by atoms with Gasteiger partial charge >= 0.3 is 6.36 Å². The number of halogens is 3. The largest absolute Gasteiger partial charge is 0.573 e. The molecule has 0 aromatic heterocycles. The molecule has 2 heterocycles. The first-order chi connectivity index (χ1) is 8.53. The third-order valence-electron chi connectivity index (χ3n) is 3.23. The first-order valence-corrected chi connectivity index (χ1v) is 5.83. The maximum Gasteiger partial charge on any atom is 0.573 e. The van der Waals surface area contributed by atoms with Crippen molar-refractivity contribution in [3.05, 3.63) is 23.8 Å². The molecule has 0 amide bonds. The second kappa shape index (κ2) is 4.05. The Labute approximate surface area is 102 Å². The SMILES string of the molecule is FC(F)(F)Oc1ccc2c(c1)OC1CCCN[C@@H]21. The summed E-state index contributed by atoms with van der Waals surface area (Å²) >= 11 is 0. The van der Waals surface area contributed by atoms with Crippen LogP contribution < -0.4 is 14.8 Å². The maximum absolute atomic E-state index is 12.1. The average Bonchev–Trinajstić information content (AvgIpc) is 2.64. The second-order valence-corrected chi connectivity index (χ2v) is 4.48. The van der Waals surface area contributed by atoms with Gasteiger partial charge < -0.3 is 14.8 Å². The van der Waals surface area contributed by atoms with Crippen LogP contribution in [0.3, 0.4) is 0 Å². The fourth-order valence-electron chi connectivity index (χ4n) is 2.53. The highest BCUT2D eigenvalue weighted by Gasteiger charge is 2.37. The lowest BCUT2D eigenvalue weighted by Crippen LogP contribution is -2.36. The van der Waals surface area contributed by atoms with E-state index in [1.54, 1.807) is 6.07 Å². The molecular formula is C12H12F3NO2. The van der Waals surface area contributed by atoms with Crippen molar-refractivity contribution in [2.24, 2.45) is 0 Å². The lowest BCUT2D eigenvalue weighted by molar-refractivity contribution is -0.274. The van der Waals surface area contributed by atoms with Gasteiger partial charge in [0.05, 0.1) is 6.04 Å². The van der Waals surface area contributed by atoms with Crippen molar-refractivity contribution >= 4 is 0 Å². The van der Waals surface area contributed by atoms with Crippen LogP contribution in [0.1, 0.15) is 24.4 Å². The third kappa shape index (κ3) is 2.12. The van der Waals surface area contributed by atoms with Crippen LogP contribution >= 0.6 is 0 Å². The number of hydrogen-bond acceptors (Lipinski definition) is 3. The minimum absolute atomic E-state index is 0.0230. The molecule has 1 saturated heterocycles. The summed E-state index contributed by atoms with van der Waals surface area (Å²) in [4.78, 5) is 0. The summed E-state index contributed by atoms with van der Waals surface area (Å²) in [6.07, 6.45) is -2.71. The Bertz CT molecular complexity index is 461. The van der Waals surface area contributed by atoms with Crippen molar-refractivity contribution < 1.29 is 22.6 Å². The van der Waals surface area contributed by atoms with Gasteiger partial charge in [-0.2, -0.15) is 0 Å². The number of ether oxygens (including phenoxy) is 2. The van der Waals surface area contributed by atoms with Gasteiger partial charge in [-0.15, -0.1) is 13.2 Å². The van der Waals surface area contributed by atoms with E-state index in [0.717, 1.165) is 24.9 Å². The minimum atomic E-state index is -4.67. The summed E-state index contributed by atoms with van der Waals surface area (Å²) in [7, 11) is 0. The predicted octanol–water partition coefficient (Wildman–Crippen LogP) is 2.77. The normalized spacial score (nSPS) is 26.2. The van der Waals surface area contributed by atoms with E-state index in [4.69, 9.17) is 4.74 Å². The molecule has 0 saturated carbocycles. The molecule has 0 radical (unpaired) electrons. The first kappa shape index (κ1) is 11.6. The number of nitrogens with one attached hydrogen (secondary N) is 1. The summed E-state index contributed by atoms with van der Waals surface area (Å²) in [5.41, 5.74) is 0.911. The molecule has 98 valence electrons. The van der Waals surface area contributed by atoms with Crippen molar-refractivity contribution in [3.63, 3.8) is 0 Å². The molecule has 2 aliphatic rings. The first-order valence-electron chi connectivity index (χ1n) is 5.83. The molecule has 1 N–H and O–H groups in total. The van der Waals surface area contributed by atoms with Gasteiger partial charge in [-0.3, -0.25) is 0 Å². The van der Waals surface area contributed by atoms with Crippen LogP contribution in [0, 0.1) is 0 Å². The maximum atomic E-state index is 12.1. The highest BCUT2D eigenvalue weighted by Crippen LogP contribution is 2.42. The van der Waals surface area contributed by atoms with Crippen molar-refractivity contribution in [2.75, 3.05) is 6.54 Å². The molecule has 1 unspecified atom stereocenters. The Morgan fingerprint density at radius 3 is 2.94 bits per heavy atom. The molecule has 1 fully saturated rings. The minimum Gasteiger partial charge on any atom is -0.488 e. The molecule has 2 atom stereocenters. The Morgan fingerprint density at radius 1 is 1.33 bits per heavy atom. The van der Waals surface area contributed by atoms with Crippen molar-refractivity contribution in [2.45, 2.75) is 31.3 Å². The Morgan fingerprint density at radius 2 is 2.17 bits per heavy atom. The van der Waals surface area contributed by atoms with Gasteiger partial charge in [0.2, 0.25) is 0 Å². The molecule has 0 aliphatic carbocycles. The molecule has 18 heavy (non-hydrogen) atoms. The highest BCUT2D eigenvalue weighted by molar-refractivity contribution is 5.46. The van der Waals surface area contributed by atoms with E-state index in [1.807, 2.05) is 0 Å². The van der Waals surface area contributed by atoms with Crippen LogP contribution in [0.25, 0.3) is 0 Å². The molecule has 6 heteroatoms. The number of fused-ring (bicyclic) bond motifs is 3. The van der Waals surface area contributed by atoms with E-state index in [-0.39, 0.29) is 17.9 Å². The van der Waals surface area contributed by atoms with Gasteiger partial charge in [-0.25, -0.2) is 0 Å². The van der Waals surface area contributed by atoms with Crippen LogP contribution in [-0.4, -0.2) is 19.0 Å². The zero-order chi connectivity index (χ0) is 12.8. The molecule has 0 spiro atoms. The molecule has 2 aliphatic heterocycles. The van der Waals surface area contributed by atoms with Crippen molar-refractivity contribution in [1.29, 1.82) is 0 Å². The molecular weight excluding hydrogens is 247 g/mol. The summed E-state index contributed by atoms with van der Waals surface area (Å²) in [6.45, 7) is 0.908. The highest BCUT2D eigenvalue weighted by atomic mass is 19.4. The van der Waals surface area contributed by atoms with Gasteiger partial charge in [0.1, 0.15) is 17.6 Å². The van der Waals surface area contributed by atoms with Gasteiger partial charge in [-0.1, -0.05) is 0 Å². The fourth-order valence-corrected chi connectivity index (χ4v) is 2.53. The van der Waals surface area contributed by atoms with Crippen molar-refractivity contribution in [1.82, 2.24) is 5.32 Å². The molecule has 1 aromatic rings. The number of alkyl halides is 3. The Kier molecular flexibility index (Phi) is 2.62. The van der Waals surface area contributed by atoms with Gasteiger partial charge in [0.15, 0.2) is 0 Å². The molecule has 0 bridgehead atoms. The van der Waals surface area contributed by atoms with E-state index in [0.29, 0.717) is 5.75 Å². The average molecular weight is 259 g/mol. The zero-order valence-corrected chi connectivity index (χ0v) is 9.46. The number of piperidine rings is 1. The monoisotopic (exact) mass is 259 g/mol. The topological polar surface area (TPSA) is 30.5 Å². The summed E-state index contributed by atoms with van der Waals surface area (Å²) < 4.78 is 45.9. The molecule has 3 nitrogen and oxygen atoms in total. The molecule has 1 aromatic carbocycles. The predicted molar refractivity (Wildman–Crippen MR) is 57.5 cm³/mol. The second-order valence-electron chi connectivity index (χ2n) is 4.48. The summed E-state index contributed by atoms with van der Waals surface area (Å²) in [5, 5.41) is 3.32. The quantitative estimate of drug-likeness (QED) is 0.841. The van der Waals surface area contributed by atoms with E-state index in [2.05, 4.69) is 10.1 Å². The number of rotatable bonds is 1. The fraction of sp³-hybridized carbons (Fsp3) is 0.500. The van der Waals surface area contributed by atoms with Gasteiger partial charge in [0.25, 0.3) is 0 Å². The van der Waals surface area contributed by atoms with Crippen LogP contribution in [0.5, 0.6) is 11.5 Å². The van der Waals surface area contributed by atoms with Crippen LogP contribution in [0.15, 0.2) is 18.2 Å². The summed E-state index contributed by atoms with van der Waals surface area (Å²) in [5.74, 6) is 0.251. The molecule has 3 rings (SSSR count). The Hall–Kier alpha value is -1.43. The smallest absolute Gasteiger partial charge is 0.488 e. The lowest BCUT2D eigenvalue weighted by Gasteiger charge is -2.25. The zero-order valence-electron chi connectivity index (χ0n) is 9.46. The van der Waals surface area contributed by atoms with Gasteiger partial charge in [0, 0.05) is 11.6 Å². The number of hydrogen-bond donors (Lipinski definition) is 1. The van der Waals surface area contributed by atoms with Crippen molar-refractivity contribution in [3.8, 4) is 11.5 Å². The van der Waals surface area contributed by atoms with E-state index < -0.39 is 6.36 Å². The van der Waals surface area contributed by atoms with E-state index in [9.17, 15) is 13.2 Å². The van der Waals surface area contributed by atoms with Crippen LogP contribution in [0.2, 0.25) is 0 Å². The third-order valence-corrected chi connectivity index (χ3v) is 3.23. The summed E-state index contributed by atoms with van der Waals surface area (Å²) in [6, 6.07) is 4.37. The number of benzene rings is 1. The van der Waals surface area contributed by atoms with E-state index in [1.165, 1.54) is 12.1 Å². The van der Waals surface area contributed by atoms with E-state index >= 15 is 0 Å². The standard InChI is InChI=1S/C12H12F3NO2/c13-12(14,15)18-7-3-4-8-10(6-7)17-9-2-1-5-16-11(8)9/h3-4,6,9,11,16H,1-2,5H2/t9?,11-/m0/s1. The van der Waals surface area contributed by atoms with Crippen LogP contribution in [0.4, 0.5) is 13.2 Å². The van der Waals surface area contributed by atoms with Gasteiger partial charge in [-0.05, 0) is 31.5 Å². The lowest BCUT2D eigenvalue weighted by atomic mass is 9.97. The Balaban J connectivity index is 1.85. The van der Waals surface area contributed by atoms with Crippen LogP contribution in [-0.2, 0) is 0 Å².